The number of aryl methyl sites for hydroxylation is 1. The van der Waals surface area contributed by atoms with E-state index in [0.717, 1.165) is 11.1 Å². The van der Waals surface area contributed by atoms with Gasteiger partial charge in [-0.15, -0.1) is 0 Å². The average molecular weight is 382 g/mol. The van der Waals surface area contributed by atoms with E-state index in [0.29, 0.717) is 11.6 Å². The van der Waals surface area contributed by atoms with Crippen molar-refractivity contribution in [1.29, 1.82) is 0 Å². The van der Waals surface area contributed by atoms with Crippen LogP contribution < -0.4 is 4.74 Å². The van der Waals surface area contributed by atoms with E-state index in [2.05, 4.69) is 24.9 Å². The van der Waals surface area contributed by atoms with Crippen LogP contribution in [0.15, 0.2) is 48.8 Å². The summed E-state index contributed by atoms with van der Waals surface area (Å²) in [5.41, 5.74) is 3.69. The van der Waals surface area contributed by atoms with Crippen LogP contribution in [0.2, 0.25) is 0 Å². The van der Waals surface area contributed by atoms with Crippen molar-refractivity contribution in [2.24, 2.45) is 0 Å². The maximum absolute atomic E-state index is 13.9. The van der Waals surface area contributed by atoms with Crippen LogP contribution in [-0.2, 0) is 11.3 Å². The number of carbonyl (C=O) groups excluding carboxylic acids is 1. The number of rotatable bonds is 5. The first kappa shape index (κ1) is 19.6. The van der Waals surface area contributed by atoms with Gasteiger partial charge in [-0.05, 0) is 48.7 Å². The summed E-state index contributed by atoms with van der Waals surface area (Å²) >= 11 is 0. The van der Waals surface area contributed by atoms with E-state index in [1.807, 2.05) is 19.1 Å². The van der Waals surface area contributed by atoms with Crippen LogP contribution in [0.3, 0.4) is 0 Å². The van der Waals surface area contributed by atoms with Crippen LogP contribution >= 0.6 is 0 Å². The number of imidazole rings is 1. The van der Waals surface area contributed by atoms with Gasteiger partial charge in [-0.2, -0.15) is 0 Å². The van der Waals surface area contributed by atoms with Crippen LogP contribution in [0, 0.1) is 19.7 Å². The maximum atomic E-state index is 13.9. The summed E-state index contributed by atoms with van der Waals surface area (Å²) in [6, 6.07) is 10.4. The number of aromatic nitrogens is 2. The molecule has 0 amide bonds. The SMILES string of the molecule is COc1ccc(F)c(COC(=O)n2ccnc2[C@@H](C)c2cccc(C)c2C)c1. The number of halogens is 1. The molecule has 0 aliphatic carbocycles. The zero-order valence-electron chi connectivity index (χ0n) is 16.4. The Kier molecular flexibility index (Phi) is 5.78. The minimum Gasteiger partial charge on any atom is -0.497 e. The topological polar surface area (TPSA) is 53.4 Å². The van der Waals surface area contributed by atoms with Gasteiger partial charge in [0.2, 0.25) is 0 Å². The second-order valence-corrected chi connectivity index (χ2v) is 6.68. The minimum atomic E-state index is -0.605. The molecule has 0 unspecified atom stereocenters. The van der Waals surface area contributed by atoms with Gasteiger partial charge in [0.1, 0.15) is 24.0 Å². The molecule has 0 saturated heterocycles. The summed E-state index contributed by atoms with van der Waals surface area (Å²) < 4.78 is 25.7. The largest absolute Gasteiger partial charge is 0.497 e. The highest BCUT2D eigenvalue weighted by atomic mass is 19.1. The molecule has 6 heteroatoms. The first-order chi connectivity index (χ1) is 13.4. The van der Waals surface area contributed by atoms with Crippen LogP contribution in [0.4, 0.5) is 9.18 Å². The molecule has 0 fully saturated rings. The zero-order valence-corrected chi connectivity index (χ0v) is 16.4. The molecule has 1 atom stereocenters. The van der Waals surface area contributed by atoms with Gasteiger partial charge in [0, 0.05) is 23.9 Å². The molecule has 1 heterocycles. The Bertz CT molecular complexity index is 997. The summed E-state index contributed by atoms with van der Waals surface area (Å²) in [6.45, 7) is 5.90. The number of nitrogens with zero attached hydrogens (tertiary/aromatic N) is 2. The maximum Gasteiger partial charge on any atom is 0.419 e. The third-order valence-corrected chi connectivity index (χ3v) is 4.97. The molecule has 3 aromatic rings. The summed E-state index contributed by atoms with van der Waals surface area (Å²) in [4.78, 5) is 17.0. The zero-order chi connectivity index (χ0) is 20.3. The molecule has 0 N–H and O–H groups in total. The fraction of sp³-hybridized carbons (Fsp3) is 0.273. The molecular weight excluding hydrogens is 359 g/mol. The standard InChI is InChI=1S/C22H23FN2O3/c1-14-6-5-7-19(15(14)2)16(3)21-24-10-11-25(21)22(26)28-13-17-12-18(27-4)8-9-20(17)23/h5-12,16H,13H2,1-4H3/t16-/m0/s1. The fourth-order valence-corrected chi connectivity index (χ4v) is 3.17. The van der Waals surface area contributed by atoms with Gasteiger partial charge in [0.15, 0.2) is 0 Å². The molecule has 146 valence electrons. The molecule has 1 aromatic heterocycles. The van der Waals surface area contributed by atoms with E-state index in [-0.39, 0.29) is 18.1 Å². The predicted octanol–water partition coefficient (Wildman–Crippen LogP) is 4.98. The molecule has 0 aliphatic heterocycles. The molecule has 3 rings (SSSR count). The molecular formula is C22H23FN2O3. The number of carbonyl (C=O) groups is 1. The summed E-state index contributed by atoms with van der Waals surface area (Å²) in [5.74, 6) is 0.517. The van der Waals surface area contributed by atoms with Gasteiger partial charge in [-0.3, -0.25) is 0 Å². The van der Waals surface area contributed by atoms with Crippen molar-refractivity contribution in [2.75, 3.05) is 7.11 Å². The lowest BCUT2D eigenvalue weighted by atomic mass is 9.93. The van der Waals surface area contributed by atoms with Crippen molar-refractivity contribution in [2.45, 2.75) is 33.3 Å². The molecule has 0 aliphatic rings. The van der Waals surface area contributed by atoms with Gasteiger partial charge in [-0.1, -0.05) is 25.1 Å². The van der Waals surface area contributed by atoms with Gasteiger partial charge >= 0.3 is 6.09 Å². The van der Waals surface area contributed by atoms with Crippen LogP contribution in [0.1, 0.15) is 40.9 Å². The Balaban J connectivity index is 1.79. The third-order valence-electron chi connectivity index (χ3n) is 4.97. The van der Waals surface area contributed by atoms with E-state index in [1.54, 1.807) is 12.4 Å². The average Bonchev–Trinajstić information content (AvgIpc) is 3.18. The van der Waals surface area contributed by atoms with Crippen LogP contribution in [-0.4, -0.2) is 22.8 Å². The van der Waals surface area contributed by atoms with Crippen molar-refractivity contribution >= 4 is 6.09 Å². The lowest BCUT2D eigenvalue weighted by Crippen LogP contribution is -2.18. The third kappa shape index (κ3) is 3.91. The Morgan fingerprint density at radius 1 is 1.25 bits per heavy atom. The van der Waals surface area contributed by atoms with Crippen molar-refractivity contribution in [1.82, 2.24) is 9.55 Å². The summed E-state index contributed by atoms with van der Waals surface area (Å²) in [7, 11) is 1.50. The van der Waals surface area contributed by atoms with E-state index in [1.165, 1.54) is 35.4 Å². The lowest BCUT2D eigenvalue weighted by molar-refractivity contribution is 0.139. The molecule has 0 saturated carbocycles. The summed E-state index contributed by atoms with van der Waals surface area (Å²) in [5, 5.41) is 0. The van der Waals surface area contributed by atoms with Gasteiger partial charge in [0.25, 0.3) is 0 Å². The number of hydrogen-bond acceptors (Lipinski definition) is 4. The van der Waals surface area contributed by atoms with Crippen LogP contribution in [0.25, 0.3) is 0 Å². The molecule has 0 radical (unpaired) electrons. The highest BCUT2D eigenvalue weighted by molar-refractivity contribution is 5.71. The highest BCUT2D eigenvalue weighted by Crippen LogP contribution is 2.27. The molecule has 0 spiro atoms. The second-order valence-electron chi connectivity index (χ2n) is 6.68. The first-order valence-electron chi connectivity index (χ1n) is 9.01. The Labute approximate surface area is 163 Å². The van der Waals surface area contributed by atoms with E-state index in [9.17, 15) is 9.18 Å². The molecule has 28 heavy (non-hydrogen) atoms. The number of methoxy groups -OCH3 is 1. The summed E-state index contributed by atoms with van der Waals surface area (Å²) in [6.07, 6.45) is 2.51. The van der Waals surface area contributed by atoms with Crippen molar-refractivity contribution in [3.63, 3.8) is 0 Å². The predicted molar refractivity (Wildman–Crippen MR) is 104 cm³/mol. The molecule has 2 aromatic carbocycles. The monoisotopic (exact) mass is 382 g/mol. The Hall–Kier alpha value is -3.15. The van der Waals surface area contributed by atoms with Crippen LogP contribution in [0.5, 0.6) is 5.75 Å². The molecule has 0 bridgehead atoms. The Morgan fingerprint density at radius 3 is 2.79 bits per heavy atom. The quantitative estimate of drug-likeness (QED) is 0.624. The van der Waals surface area contributed by atoms with Crippen molar-refractivity contribution in [3.05, 3.63) is 82.7 Å². The first-order valence-corrected chi connectivity index (χ1v) is 9.01. The number of benzene rings is 2. The highest BCUT2D eigenvalue weighted by Gasteiger charge is 2.21. The number of hydrogen-bond donors (Lipinski definition) is 0. The van der Waals surface area contributed by atoms with Gasteiger partial charge in [-0.25, -0.2) is 18.7 Å². The lowest BCUT2D eigenvalue weighted by Gasteiger charge is -2.17. The van der Waals surface area contributed by atoms with Crippen molar-refractivity contribution < 1.29 is 18.7 Å². The van der Waals surface area contributed by atoms with E-state index >= 15 is 0 Å². The van der Waals surface area contributed by atoms with Gasteiger partial charge in [0.05, 0.1) is 7.11 Å². The Morgan fingerprint density at radius 2 is 2.04 bits per heavy atom. The van der Waals surface area contributed by atoms with Crippen molar-refractivity contribution in [3.8, 4) is 5.75 Å². The molecule has 5 nitrogen and oxygen atoms in total. The second kappa shape index (κ2) is 8.25. The minimum absolute atomic E-state index is 0.101. The normalized spacial score (nSPS) is 11.9. The van der Waals surface area contributed by atoms with Gasteiger partial charge < -0.3 is 9.47 Å². The van der Waals surface area contributed by atoms with E-state index in [4.69, 9.17) is 9.47 Å². The number of ether oxygens (including phenoxy) is 2. The smallest absolute Gasteiger partial charge is 0.419 e. The van der Waals surface area contributed by atoms with E-state index < -0.39 is 11.9 Å². The fourth-order valence-electron chi connectivity index (χ4n) is 3.17.